The fraction of sp³-hybridized carbons (Fsp3) is 0.333. The van der Waals surface area contributed by atoms with E-state index in [0.717, 1.165) is 16.6 Å². The molecule has 1 aliphatic rings. The Balaban J connectivity index is 1.44. The van der Waals surface area contributed by atoms with Crippen molar-refractivity contribution in [3.8, 4) is 0 Å². The lowest BCUT2D eigenvalue weighted by molar-refractivity contribution is -0.0893. The minimum absolute atomic E-state index is 0.0190. The minimum Gasteiger partial charge on any atom is -0.446 e. The maximum atomic E-state index is 13.2. The second-order valence-electron chi connectivity index (χ2n) is 10.2. The molecule has 0 heterocycles. The molecule has 42 heavy (non-hydrogen) atoms. The monoisotopic (exact) mass is 594 g/mol. The smallest absolute Gasteiger partial charge is 0.411 e. The number of amides is 2. The summed E-state index contributed by atoms with van der Waals surface area (Å²) in [6.07, 6.45) is -0.710. The Labute approximate surface area is 247 Å². The first kappa shape index (κ1) is 31.1. The third kappa shape index (κ3) is 8.57. The van der Waals surface area contributed by atoms with E-state index in [2.05, 4.69) is 5.32 Å². The minimum atomic E-state index is -3.58. The number of hydrogen-bond acceptors (Lipinski definition) is 8. The number of nitrogens with zero attached hydrogens (tertiary/aromatic N) is 1. The zero-order valence-corrected chi connectivity index (χ0v) is 24.8. The van der Waals surface area contributed by atoms with Gasteiger partial charge in [0.2, 0.25) is 0 Å². The highest BCUT2D eigenvalue weighted by Gasteiger charge is 2.38. The molecular formula is C30H35BN2O8S. The van der Waals surface area contributed by atoms with E-state index in [1.54, 1.807) is 0 Å². The van der Waals surface area contributed by atoms with Gasteiger partial charge < -0.3 is 23.8 Å². The highest BCUT2D eigenvalue weighted by Crippen LogP contribution is 2.36. The zero-order valence-electron chi connectivity index (χ0n) is 23.9. The zero-order chi connectivity index (χ0) is 30.1. The second-order valence-corrected chi connectivity index (χ2v) is 12.4. The van der Waals surface area contributed by atoms with Gasteiger partial charge in [-0.1, -0.05) is 60.1 Å². The van der Waals surface area contributed by atoms with Crippen LogP contribution in [0.25, 0.3) is 0 Å². The largest absolute Gasteiger partial charge is 0.446 e. The van der Waals surface area contributed by atoms with Gasteiger partial charge in [-0.25, -0.2) is 18.0 Å². The standard InChI is InChI=1S/C30H35BN2O8S/c1-33(30(35)40-18-21-6-4-3-5-7-21)17-23-16-25(12-15-28(23)42(36,37)26-13-14-26)32-29(34)39-19-27(41-20-38-2)22-8-10-24(31)11-9-22/h3-12,15-16,26-27H,13-14,17-20,31H2,1-2H3,(H,32,34)/t27-/m0/s1. The number of carbonyl (C=O) groups is 2. The van der Waals surface area contributed by atoms with Crippen LogP contribution in [0.2, 0.25) is 0 Å². The van der Waals surface area contributed by atoms with E-state index in [1.807, 2.05) is 62.4 Å². The molecule has 1 atom stereocenters. The van der Waals surface area contributed by atoms with Crippen molar-refractivity contribution in [3.05, 3.63) is 89.5 Å². The summed E-state index contributed by atoms with van der Waals surface area (Å²) in [6.45, 7) is -0.0114. The topological polar surface area (TPSA) is 120 Å². The normalized spacial score (nSPS) is 13.7. The summed E-state index contributed by atoms with van der Waals surface area (Å²) in [7, 11) is 1.42. The van der Waals surface area contributed by atoms with Gasteiger partial charge in [0, 0.05) is 19.8 Å². The molecule has 0 aromatic heterocycles. The molecular weight excluding hydrogens is 559 g/mol. The van der Waals surface area contributed by atoms with E-state index in [9.17, 15) is 18.0 Å². The van der Waals surface area contributed by atoms with Crippen molar-refractivity contribution < 1.29 is 37.0 Å². The third-order valence-electron chi connectivity index (χ3n) is 6.70. The summed E-state index contributed by atoms with van der Waals surface area (Å²) in [6, 6.07) is 21.4. The molecule has 12 heteroatoms. The molecule has 2 amide bonds. The molecule has 10 nitrogen and oxygen atoms in total. The van der Waals surface area contributed by atoms with Crippen molar-refractivity contribution in [3.63, 3.8) is 0 Å². The van der Waals surface area contributed by atoms with Crippen LogP contribution in [-0.2, 0) is 41.9 Å². The summed E-state index contributed by atoms with van der Waals surface area (Å²) >= 11 is 0. The number of benzene rings is 3. The predicted octanol–water partition coefficient (Wildman–Crippen LogP) is 3.56. The van der Waals surface area contributed by atoms with Gasteiger partial charge in [0.25, 0.3) is 0 Å². The van der Waals surface area contributed by atoms with Gasteiger partial charge in [-0.15, -0.1) is 0 Å². The number of carbonyl (C=O) groups excluding carboxylic acids is 2. The molecule has 1 aliphatic carbocycles. The third-order valence-corrected chi connectivity index (χ3v) is 9.06. The summed E-state index contributed by atoms with van der Waals surface area (Å²) < 4.78 is 47.9. The molecule has 222 valence electrons. The Kier molecular flexibility index (Phi) is 10.6. The molecule has 0 unspecified atom stereocenters. The maximum absolute atomic E-state index is 13.2. The number of sulfone groups is 1. The lowest BCUT2D eigenvalue weighted by Gasteiger charge is -2.20. The Morgan fingerprint density at radius 1 is 1.02 bits per heavy atom. The molecule has 1 saturated carbocycles. The van der Waals surface area contributed by atoms with E-state index >= 15 is 0 Å². The number of ether oxygens (including phenoxy) is 4. The van der Waals surface area contributed by atoms with Crippen LogP contribution in [0.1, 0.15) is 35.6 Å². The van der Waals surface area contributed by atoms with Crippen LogP contribution in [0.3, 0.4) is 0 Å². The highest BCUT2D eigenvalue weighted by molar-refractivity contribution is 7.92. The SMILES string of the molecule is Bc1ccc([C@H](COC(=O)Nc2ccc(S(=O)(=O)C3CC3)c(CN(C)C(=O)OCc3ccccc3)c2)OCOC)cc1. The number of hydrogen-bond donors (Lipinski definition) is 1. The van der Waals surface area contributed by atoms with Gasteiger partial charge in [0.1, 0.15) is 34.0 Å². The van der Waals surface area contributed by atoms with E-state index in [4.69, 9.17) is 18.9 Å². The van der Waals surface area contributed by atoms with Crippen molar-refractivity contribution in [2.24, 2.45) is 0 Å². The van der Waals surface area contributed by atoms with Crippen LogP contribution in [0.5, 0.6) is 0 Å². The highest BCUT2D eigenvalue weighted by atomic mass is 32.2. The number of methoxy groups -OCH3 is 1. The van der Waals surface area contributed by atoms with Crippen LogP contribution in [0, 0.1) is 0 Å². The fourth-order valence-corrected chi connectivity index (χ4v) is 6.11. The molecule has 0 bridgehead atoms. The van der Waals surface area contributed by atoms with Gasteiger partial charge in [0.05, 0.1) is 16.7 Å². The molecule has 0 aliphatic heterocycles. The van der Waals surface area contributed by atoms with E-state index < -0.39 is 33.4 Å². The predicted molar refractivity (Wildman–Crippen MR) is 160 cm³/mol. The Morgan fingerprint density at radius 3 is 2.40 bits per heavy atom. The molecule has 3 aromatic carbocycles. The van der Waals surface area contributed by atoms with Crippen LogP contribution < -0.4 is 10.8 Å². The lowest BCUT2D eigenvalue weighted by atomic mass is 9.94. The van der Waals surface area contributed by atoms with Gasteiger partial charge in [-0.2, -0.15) is 0 Å². The Bertz CT molecular complexity index is 1460. The van der Waals surface area contributed by atoms with Crippen molar-refractivity contribution in [1.82, 2.24) is 4.90 Å². The first-order chi connectivity index (χ1) is 20.2. The van der Waals surface area contributed by atoms with Gasteiger partial charge >= 0.3 is 12.2 Å². The molecule has 1 fully saturated rings. The van der Waals surface area contributed by atoms with Gasteiger partial charge in [0.15, 0.2) is 9.84 Å². The van der Waals surface area contributed by atoms with Crippen molar-refractivity contribution >= 4 is 41.0 Å². The second kappa shape index (κ2) is 14.3. The van der Waals surface area contributed by atoms with Crippen molar-refractivity contribution in [2.45, 2.75) is 42.2 Å². The number of anilines is 1. The molecule has 0 radical (unpaired) electrons. The van der Waals surface area contributed by atoms with Crippen molar-refractivity contribution in [2.75, 3.05) is 32.9 Å². The molecule has 3 aromatic rings. The van der Waals surface area contributed by atoms with Gasteiger partial charge in [-0.3, -0.25) is 5.32 Å². The van der Waals surface area contributed by atoms with E-state index in [1.165, 1.54) is 37.3 Å². The molecule has 0 saturated heterocycles. The number of rotatable bonds is 13. The number of nitrogens with one attached hydrogen (secondary N) is 1. The summed E-state index contributed by atoms with van der Waals surface area (Å²) in [5.74, 6) is 0. The summed E-state index contributed by atoms with van der Waals surface area (Å²) in [4.78, 5) is 26.8. The molecule has 4 rings (SSSR count). The molecule has 0 spiro atoms. The Hall–Kier alpha value is -3.87. The van der Waals surface area contributed by atoms with Crippen LogP contribution in [-0.4, -0.2) is 66.2 Å². The average molecular weight is 594 g/mol. The van der Waals surface area contributed by atoms with Crippen LogP contribution in [0.4, 0.5) is 15.3 Å². The van der Waals surface area contributed by atoms with Crippen molar-refractivity contribution in [1.29, 1.82) is 0 Å². The maximum Gasteiger partial charge on any atom is 0.411 e. The quantitative estimate of drug-likeness (QED) is 0.236. The first-order valence-electron chi connectivity index (χ1n) is 13.6. The van der Waals surface area contributed by atoms with Gasteiger partial charge in [-0.05, 0) is 47.7 Å². The summed E-state index contributed by atoms with van der Waals surface area (Å²) in [5.41, 5.74) is 3.42. The van der Waals surface area contributed by atoms with E-state index in [-0.39, 0.29) is 31.4 Å². The first-order valence-corrected chi connectivity index (χ1v) is 15.1. The van der Waals surface area contributed by atoms with Crippen LogP contribution >= 0.6 is 0 Å². The van der Waals surface area contributed by atoms with Crippen LogP contribution in [0.15, 0.2) is 77.7 Å². The Morgan fingerprint density at radius 2 is 1.74 bits per heavy atom. The molecule has 1 N–H and O–H groups in total. The summed E-state index contributed by atoms with van der Waals surface area (Å²) in [5, 5.41) is 2.21. The lowest BCUT2D eigenvalue weighted by Crippen LogP contribution is -2.28. The average Bonchev–Trinajstić information content (AvgIpc) is 3.84. The fourth-order valence-electron chi connectivity index (χ4n) is 4.24. The van der Waals surface area contributed by atoms with E-state index in [0.29, 0.717) is 24.1 Å².